The fourth-order valence-electron chi connectivity index (χ4n) is 2.88. The van der Waals surface area contributed by atoms with Gasteiger partial charge in [0.25, 0.3) is 11.8 Å². The first-order valence-corrected chi connectivity index (χ1v) is 8.18. The van der Waals surface area contributed by atoms with Gasteiger partial charge in [-0.25, -0.2) is 15.4 Å². The highest BCUT2D eigenvalue weighted by Crippen LogP contribution is 2.18. The van der Waals surface area contributed by atoms with Gasteiger partial charge in [-0.05, 0) is 41.1 Å². The Balaban J connectivity index is 1.53. The van der Waals surface area contributed by atoms with Crippen molar-refractivity contribution in [1.29, 1.82) is 0 Å². The Morgan fingerprint density at radius 3 is 2.41 bits per heavy atom. The Bertz CT molecular complexity index is 1170. The molecular formula is C19H15N5O3. The van der Waals surface area contributed by atoms with Crippen molar-refractivity contribution in [2.24, 2.45) is 0 Å². The molecule has 2 heterocycles. The van der Waals surface area contributed by atoms with E-state index in [0.717, 1.165) is 22.1 Å². The van der Waals surface area contributed by atoms with Crippen molar-refractivity contribution in [3.05, 3.63) is 78.0 Å². The summed E-state index contributed by atoms with van der Waals surface area (Å²) < 4.78 is 1.81. The van der Waals surface area contributed by atoms with Crippen molar-refractivity contribution in [2.75, 3.05) is 0 Å². The molecule has 4 rings (SSSR count). The van der Waals surface area contributed by atoms with Crippen molar-refractivity contribution in [3.8, 4) is 0 Å². The third-order valence-electron chi connectivity index (χ3n) is 4.29. The number of benzene rings is 2. The van der Waals surface area contributed by atoms with Gasteiger partial charge in [-0.15, -0.1) is 0 Å². The van der Waals surface area contributed by atoms with Gasteiger partial charge < -0.3 is 5.32 Å². The number of aromatic nitrogens is 3. The molecule has 0 saturated carbocycles. The Labute approximate surface area is 153 Å². The van der Waals surface area contributed by atoms with Crippen LogP contribution in [0.3, 0.4) is 0 Å². The molecule has 134 valence electrons. The van der Waals surface area contributed by atoms with E-state index < -0.39 is 5.91 Å². The number of hydroxylamine groups is 1. The molecule has 0 bridgehead atoms. The van der Waals surface area contributed by atoms with E-state index in [1.165, 1.54) is 0 Å². The third kappa shape index (κ3) is 3.21. The van der Waals surface area contributed by atoms with E-state index >= 15 is 0 Å². The number of hydrogen-bond acceptors (Lipinski definition) is 5. The van der Waals surface area contributed by atoms with E-state index in [1.54, 1.807) is 66.7 Å². The van der Waals surface area contributed by atoms with E-state index in [2.05, 4.69) is 15.3 Å². The highest BCUT2D eigenvalue weighted by molar-refractivity contribution is 6.01. The normalized spacial score (nSPS) is 10.9. The summed E-state index contributed by atoms with van der Waals surface area (Å²) in [6.07, 6.45) is 5.01. The van der Waals surface area contributed by atoms with E-state index in [1.807, 2.05) is 4.40 Å². The number of carbonyl (C=O) groups excluding carboxylic acids is 2. The van der Waals surface area contributed by atoms with Gasteiger partial charge in [0.2, 0.25) is 0 Å². The summed E-state index contributed by atoms with van der Waals surface area (Å²) in [6, 6.07) is 12.0. The average molecular weight is 361 g/mol. The number of imidazole rings is 1. The minimum atomic E-state index is -0.582. The van der Waals surface area contributed by atoms with Crippen LogP contribution in [0.4, 0.5) is 0 Å². The number of nitrogens with one attached hydrogen (secondary N) is 2. The first-order valence-electron chi connectivity index (χ1n) is 8.18. The fourth-order valence-corrected chi connectivity index (χ4v) is 2.88. The van der Waals surface area contributed by atoms with Gasteiger partial charge in [-0.2, -0.15) is 0 Å². The van der Waals surface area contributed by atoms with Gasteiger partial charge in [0.1, 0.15) is 12.0 Å². The van der Waals surface area contributed by atoms with Gasteiger partial charge in [0.05, 0.1) is 18.4 Å². The van der Waals surface area contributed by atoms with Crippen LogP contribution in [0, 0.1) is 0 Å². The first-order chi connectivity index (χ1) is 13.2. The van der Waals surface area contributed by atoms with E-state index in [-0.39, 0.29) is 5.91 Å². The standard InChI is InChI=1S/C19H15N5O3/c25-18(22-10-16-9-21-17-5-6-20-11-24(16)17)14-3-1-13-8-15(19(26)23-27)4-2-12(13)7-14/h1-9,11,27H,10H2,(H,22,25)(H,23,26). The lowest BCUT2D eigenvalue weighted by molar-refractivity contribution is 0.0706. The summed E-state index contributed by atoms with van der Waals surface area (Å²) in [7, 11) is 0. The zero-order valence-corrected chi connectivity index (χ0v) is 14.1. The van der Waals surface area contributed by atoms with Crippen molar-refractivity contribution in [2.45, 2.75) is 6.54 Å². The monoisotopic (exact) mass is 361 g/mol. The molecule has 8 nitrogen and oxygen atoms in total. The lowest BCUT2D eigenvalue weighted by Gasteiger charge is -2.07. The Kier molecular flexibility index (Phi) is 4.23. The van der Waals surface area contributed by atoms with Crippen LogP contribution in [-0.4, -0.2) is 31.4 Å². The predicted molar refractivity (Wildman–Crippen MR) is 97.4 cm³/mol. The van der Waals surface area contributed by atoms with Crippen molar-refractivity contribution < 1.29 is 14.8 Å². The second-order valence-electron chi connectivity index (χ2n) is 5.96. The second-order valence-corrected chi connectivity index (χ2v) is 5.96. The maximum absolute atomic E-state index is 12.5. The van der Waals surface area contributed by atoms with Gasteiger partial charge >= 0.3 is 0 Å². The molecule has 0 aliphatic rings. The molecule has 0 aliphatic heterocycles. The van der Waals surface area contributed by atoms with Crippen molar-refractivity contribution >= 4 is 28.2 Å². The fraction of sp³-hybridized carbons (Fsp3) is 0.0526. The number of rotatable bonds is 4. The minimum Gasteiger partial charge on any atom is -0.346 e. The average Bonchev–Trinajstić information content (AvgIpc) is 3.13. The predicted octanol–water partition coefficient (Wildman–Crippen LogP) is 1.93. The summed E-state index contributed by atoms with van der Waals surface area (Å²) in [5, 5.41) is 13.2. The number of hydrogen-bond donors (Lipinski definition) is 3. The van der Waals surface area contributed by atoms with Crippen LogP contribution in [0.25, 0.3) is 16.4 Å². The Morgan fingerprint density at radius 1 is 1.00 bits per heavy atom. The molecule has 8 heteroatoms. The molecule has 0 aliphatic carbocycles. The van der Waals surface area contributed by atoms with Gasteiger partial charge in [0, 0.05) is 17.3 Å². The van der Waals surface area contributed by atoms with Gasteiger partial charge in [-0.3, -0.25) is 19.2 Å². The third-order valence-corrected chi connectivity index (χ3v) is 4.29. The smallest absolute Gasteiger partial charge is 0.274 e. The summed E-state index contributed by atoms with van der Waals surface area (Å²) >= 11 is 0. The summed E-state index contributed by atoms with van der Waals surface area (Å²) in [6.45, 7) is 0.319. The van der Waals surface area contributed by atoms with E-state index in [9.17, 15) is 9.59 Å². The highest BCUT2D eigenvalue weighted by Gasteiger charge is 2.10. The topological polar surface area (TPSA) is 109 Å². The number of nitrogens with zero attached hydrogens (tertiary/aromatic N) is 3. The molecule has 0 unspecified atom stereocenters. The van der Waals surface area contributed by atoms with Crippen molar-refractivity contribution in [3.63, 3.8) is 0 Å². The largest absolute Gasteiger partial charge is 0.346 e. The van der Waals surface area contributed by atoms with Crippen LogP contribution in [0.1, 0.15) is 26.4 Å². The SMILES string of the molecule is O=C(NO)c1ccc2cc(C(=O)NCc3cnc4ccncn34)ccc2c1. The molecule has 27 heavy (non-hydrogen) atoms. The first kappa shape index (κ1) is 16.7. The van der Waals surface area contributed by atoms with Gasteiger partial charge in [0.15, 0.2) is 0 Å². The lowest BCUT2D eigenvalue weighted by Crippen LogP contribution is -2.23. The molecule has 2 amide bonds. The summed E-state index contributed by atoms with van der Waals surface area (Å²) in [5.41, 5.74) is 4.04. The Morgan fingerprint density at radius 2 is 1.70 bits per heavy atom. The molecule has 0 spiro atoms. The highest BCUT2D eigenvalue weighted by atomic mass is 16.5. The molecule has 0 radical (unpaired) electrons. The Hall–Kier alpha value is -3.78. The lowest BCUT2D eigenvalue weighted by atomic mass is 10.0. The van der Waals surface area contributed by atoms with Crippen LogP contribution in [-0.2, 0) is 6.54 Å². The van der Waals surface area contributed by atoms with Crippen LogP contribution in [0.5, 0.6) is 0 Å². The molecule has 2 aromatic carbocycles. The molecule has 0 atom stereocenters. The molecular weight excluding hydrogens is 346 g/mol. The van der Waals surface area contributed by atoms with Crippen LogP contribution >= 0.6 is 0 Å². The number of fused-ring (bicyclic) bond motifs is 2. The van der Waals surface area contributed by atoms with Crippen LogP contribution < -0.4 is 10.8 Å². The molecule has 4 aromatic rings. The van der Waals surface area contributed by atoms with Crippen molar-refractivity contribution in [1.82, 2.24) is 25.2 Å². The number of amides is 2. The molecule has 3 N–H and O–H groups in total. The van der Waals surface area contributed by atoms with E-state index in [0.29, 0.717) is 17.7 Å². The van der Waals surface area contributed by atoms with E-state index in [4.69, 9.17) is 5.21 Å². The maximum atomic E-state index is 12.5. The van der Waals surface area contributed by atoms with Crippen LogP contribution in [0.2, 0.25) is 0 Å². The maximum Gasteiger partial charge on any atom is 0.274 e. The molecule has 0 saturated heterocycles. The minimum absolute atomic E-state index is 0.215. The summed E-state index contributed by atoms with van der Waals surface area (Å²) in [5.74, 6) is -0.797. The molecule has 0 fully saturated rings. The zero-order chi connectivity index (χ0) is 18.8. The quantitative estimate of drug-likeness (QED) is 0.380. The molecule has 2 aromatic heterocycles. The van der Waals surface area contributed by atoms with Gasteiger partial charge in [-0.1, -0.05) is 12.1 Å². The number of carbonyl (C=O) groups is 2. The second kappa shape index (κ2) is 6.85. The summed E-state index contributed by atoms with van der Waals surface area (Å²) in [4.78, 5) is 32.3. The zero-order valence-electron chi connectivity index (χ0n) is 14.1. The van der Waals surface area contributed by atoms with Crippen LogP contribution in [0.15, 0.2) is 61.2 Å².